The van der Waals surface area contributed by atoms with E-state index in [9.17, 15) is 0 Å². The maximum Gasteiger partial charge on any atom is 0.488 e. The number of hydrogen-bond acceptors (Lipinski definition) is 5. The Kier molecular flexibility index (Phi) is 5.19. The zero-order valence-corrected chi connectivity index (χ0v) is 11.0. The van der Waals surface area contributed by atoms with Crippen LogP contribution in [0.4, 0.5) is 5.82 Å². The van der Waals surface area contributed by atoms with Crippen molar-refractivity contribution in [3.05, 3.63) is 18.3 Å². The Morgan fingerprint density at radius 3 is 2.95 bits per heavy atom. The molecule has 1 heterocycles. The van der Waals surface area contributed by atoms with Crippen molar-refractivity contribution in [2.45, 2.75) is 38.1 Å². The Balaban J connectivity index is 1.94. The number of nitrogens with zero attached hydrogens (tertiary/aromatic N) is 1. The number of aliphatic hydroxyl groups excluding tert-OH is 1. The smallest absolute Gasteiger partial charge is 0.423 e. The van der Waals surface area contributed by atoms with E-state index < -0.39 is 7.12 Å². The maximum absolute atomic E-state index is 9.14. The molecule has 0 saturated heterocycles. The topological polar surface area (TPSA) is 85.6 Å². The van der Waals surface area contributed by atoms with Gasteiger partial charge in [-0.1, -0.05) is 12.8 Å². The van der Waals surface area contributed by atoms with E-state index >= 15 is 0 Å². The lowest BCUT2D eigenvalue weighted by molar-refractivity contribution is 0.224. The van der Waals surface area contributed by atoms with Gasteiger partial charge in [0.1, 0.15) is 5.82 Å². The van der Waals surface area contributed by atoms with Gasteiger partial charge in [-0.05, 0) is 42.8 Å². The lowest BCUT2D eigenvalue weighted by atomic mass is 9.81. The van der Waals surface area contributed by atoms with Crippen LogP contribution in [0.5, 0.6) is 0 Å². The first kappa shape index (κ1) is 14.3. The summed E-state index contributed by atoms with van der Waals surface area (Å²) in [6.07, 6.45) is 6.90. The highest BCUT2D eigenvalue weighted by atomic mass is 16.4. The molecule has 2 rings (SSSR count). The highest BCUT2D eigenvalue weighted by molar-refractivity contribution is 6.58. The van der Waals surface area contributed by atoms with Crippen LogP contribution in [0, 0.1) is 5.92 Å². The van der Waals surface area contributed by atoms with E-state index in [-0.39, 0.29) is 6.61 Å². The second kappa shape index (κ2) is 6.89. The predicted octanol–water partition coefficient (Wildman–Crippen LogP) is 0.114. The van der Waals surface area contributed by atoms with E-state index in [1.54, 1.807) is 18.3 Å². The minimum absolute atomic E-state index is 0.252. The fourth-order valence-corrected chi connectivity index (χ4v) is 2.76. The number of anilines is 1. The average Bonchev–Trinajstić information content (AvgIpc) is 2.40. The zero-order valence-electron chi connectivity index (χ0n) is 11.0. The van der Waals surface area contributed by atoms with Gasteiger partial charge in [-0.15, -0.1) is 0 Å². The molecule has 1 aromatic rings. The van der Waals surface area contributed by atoms with Gasteiger partial charge in [0.15, 0.2) is 0 Å². The number of pyridine rings is 1. The van der Waals surface area contributed by atoms with Crippen molar-refractivity contribution in [3.8, 4) is 0 Å². The molecule has 6 heteroatoms. The van der Waals surface area contributed by atoms with E-state index in [1.165, 1.54) is 6.42 Å². The standard InChI is InChI=1S/C13H21BN2O3/c17-7-5-10-2-1-3-12(8-10)16-13-9-11(14(18)19)4-6-15-13/h4,6,9-10,12,17-19H,1-3,5,7-8H2,(H,15,16). The van der Waals surface area contributed by atoms with Crippen LogP contribution >= 0.6 is 0 Å². The van der Waals surface area contributed by atoms with Crippen molar-refractivity contribution in [1.82, 2.24) is 4.98 Å². The van der Waals surface area contributed by atoms with Crippen molar-refractivity contribution in [3.63, 3.8) is 0 Å². The zero-order chi connectivity index (χ0) is 13.7. The van der Waals surface area contributed by atoms with Crippen LogP contribution in [0.15, 0.2) is 18.3 Å². The quantitative estimate of drug-likeness (QED) is 0.567. The van der Waals surface area contributed by atoms with Crippen molar-refractivity contribution in [2.75, 3.05) is 11.9 Å². The van der Waals surface area contributed by atoms with E-state index in [1.807, 2.05) is 0 Å². The van der Waals surface area contributed by atoms with Crippen LogP contribution in [0.1, 0.15) is 32.1 Å². The summed E-state index contributed by atoms with van der Waals surface area (Å²) in [5.74, 6) is 1.25. The number of nitrogens with one attached hydrogen (secondary N) is 1. The Morgan fingerprint density at radius 1 is 1.37 bits per heavy atom. The molecule has 0 spiro atoms. The number of aliphatic hydroxyl groups is 1. The molecule has 0 bridgehead atoms. The minimum Gasteiger partial charge on any atom is -0.423 e. The largest absolute Gasteiger partial charge is 0.488 e. The molecular formula is C13H21BN2O3. The minimum atomic E-state index is -1.46. The van der Waals surface area contributed by atoms with Crippen LogP contribution in [-0.4, -0.2) is 39.9 Å². The van der Waals surface area contributed by atoms with Crippen LogP contribution in [0.2, 0.25) is 0 Å². The SMILES string of the molecule is OCCC1CCCC(Nc2cc(B(O)O)ccn2)C1. The van der Waals surface area contributed by atoms with Crippen molar-refractivity contribution >= 4 is 18.4 Å². The van der Waals surface area contributed by atoms with Crippen LogP contribution in [0.3, 0.4) is 0 Å². The van der Waals surface area contributed by atoms with Gasteiger partial charge >= 0.3 is 7.12 Å². The molecule has 104 valence electrons. The third kappa shape index (κ3) is 4.19. The molecule has 0 aliphatic heterocycles. The Morgan fingerprint density at radius 2 is 2.21 bits per heavy atom. The molecule has 4 N–H and O–H groups in total. The summed E-state index contributed by atoms with van der Waals surface area (Å²) in [6.45, 7) is 0.252. The van der Waals surface area contributed by atoms with Gasteiger partial charge < -0.3 is 20.5 Å². The van der Waals surface area contributed by atoms with Gasteiger partial charge in [0.2, 0.25) is 0 Å². The molecule has 0 radical (unpaired) electrons. The highest BCUT2D eigenvalue weighted by Crippen LogP contribution is 2.28. The molecule has 2 atom stereocenters. The van der Waals surface area contributed by atoms with Gasteiger partial charge in [0.05, 0.1) is 0 Å². The third-order valence-electron chi connectivity index (χ3n) is 3.75. The van der Waals surface area contributed by atoms with Crippen molar-refractivity contribution < 1.29 is 15.2 Å². The van der Waals surface area contributed by atoms with Crippen LogP contribution in [-0.2, 0) is 0 Å². The maximum atomic E-state index is 9.14. The molecule has 1 saturated carbocycles. The summed E-state index contributed by atoms with van der Waals surface area (Å²) < 4.78 is 0. The fraction of sp³-hybridized carbons (Fsp3) is 0.615. The molecule has 1 aromatic heterocycles. The second-order valence-electron chi connectivity index (χ2n) is 5.23. The average molecular weight is 264 g/mol. The Labute approximate surface area is 113 Å². The molecule has 19 heavy (non-hydrogen) atoms. The summed E-state index contributed by atoms with van der Waals surface area (Å²) in [7, 11) is -1.46. The molecule has 1 aliphatic rings. The first-order valence-corrected chi connectivity index (χ1v) is 6.88. The molecule has 1 fully saturated rings. The normalized spacial score (nSPS) is 23.1. The predicted molar refractivity (Wildman–Crippen MR) is 75.1 cm³/mol. The van der Waals surface area contributed by atoms with Crippen LogP contribution < -0.4 is 10.8 Å². The number of hydrogen-bond donors (Lipinski definition) is 4. The third-order valence-corrected chi connectivity index (χ3v) is 3.75. The summed E-state index contributed by atoms with van der Waals surface area (Å²) in [5, 5.41) is 30.6. The Hall–Kier alpha value is -1.11. The summed E-state index contributed by atoms with van der Waals surface area (Å²) in [4.78, 5) is 4.20. The molecule has 1 aliphatic carbocycles. The van der Waals surface area contributed by atoms with Crippen LogP contribution in [0.25, 0.3) is 0 Å². The van der Waals surface area contributed by atoms with E-state index in [4.69, 9.17) is 15.2 Å². The summed E-state index contributed by atoms with van der Waals surface area (Å²) in [6, 6.07) is 3.61. The number of aromatic nitrogens is 1. The summed E-state index contributed by atoms with van der Waals surface area (Å²) in [5.41, 5.74) is 0.445. The molecule has 0 amide bonds. The van der Waals surface area contributed by atoms with Gasteiger partial charge in [-0.25, -0.2) is 4.98 Å². The lowest BCUT2D eigenvalue weighted by Crippen LogP contribution is -2.32. The first-order valence-electron chi connectivity index (χ1n) is 6.88. The van der Waals surface area contributed by atoms with Gasteiger partial charge in [-0.2, -0.15) is 0 Å². The lowest BCUT2D eigenvalue weighted by Gasteiger charge is -2.29. The van der Waals surface area contributed by atoms with Crippen molar-refractivity contribution in [1.29, 1.82) is 0 Å². The van der Waals surface area contributed by atoms with E-state index in [0.717, 1.165) is 25.7 Å². The van der Waals surface area contributed by atoms with Gasteiger partial charge in [-0.3, -0.25) is 0 Å². The molecular weight excluding hydrogens is 243 g/mol. The fourth-order valence-electron chi connectivity index (χ4n) is 2.76. The monoisotopic (exact) mass is 264 g/mol. The molecule has 2 unspecified atom stereocenters. The van der Waals surface area contributed by atoms with Crippen molar-refractivity contribution in [2.24, 2.45) is 5.92 Å². The molecule has 0 aromatic carbocycles. The number of rotatable bonds is 5. The second-order valence-corrected chi connectivity index (χ2v) is 5.23. The van der Waals surface area contributed by atoms with E-state index in [2.05, 4.69) is 10.3 Å². The summed E-state index contributed by atoms with van der Waals surface area (Å²) >= 11 is 0. The van der Waals surface area contributed by atoms with E-state index in [0.29, 0.717) is 23.2 Å². The molecule has 5 nitrogen and oxygen atoms in total. The Bertz CT molecular complexity index is 401. The van der Waals surface area contributed by atoms with Gasteiger partial charge in [0.25, 0.3) is 0 Å². The first-order chi connectivity index (χ1) is 9.19. The highest BCUT2D eigenvalue weighted by Gasteiger charge is 2.22. The van der Waals surface area contributed by atoms with Gasteiger partial charge in [0, 0.05) is 18.8 Å².